The molecule has 1 fully saturated rings. The minimum absolute atomic E-state index is 0.0292. The van der Waals surface area contributed by atoms with Gasteiger partial charge in [-0.25, -0.2) is 0 Å². The molecule has 2 amide bonds. The summed E-state index contributed by atoms with van der Waals surface area (Å²) in [6, 6.07) is 15.1. The Hall–Kier alpha value is -2.18. The van der Waals surface area contributed by atoms with Crippen molar-refractivity contribution in [2.45, 2.75) is 31.6 Å². The first-order chi connectivity index (χ1) is 13.0. The first kappa shape index (κ1) is 19.6. The molecule has 0 radical (unpaired) electrons. The highest BCUT2D eigenvalue weighted by atomic mass is 79.9. The monoisotopic (exact) mass is 430 g/mol. The molecule has 0 bridgehead atoms. The number of carbonyl (C=O) groups excluding carboxylic acids is 2. The number of rotatable bonds is 5. The van der Waals surface area contributed by atoms with Gasteiger partial charge in [0.05, 0.1) is 5.41 Å². The average molecular weight is 431 g/mol. The van der Waals surface area contributed by atoms with Crippen molar-refractivity contribution in [1.82, 2.24) is 0 Å². The maximum Gasteiger partial charge on any atom is 0.235 e. The SMILES string of the molecule is CCC(=O)Nc1ccc(NC(=O)C2(c3ccc(Br)cc3)CCOCC2)cc1. The number of hydrogen-bond acceptors (Lipinski definition) is 3. The minimum Gasteiger partial charge on any atom is -0.381 e. The first-order valence-corrected chi connectivity index (χ1v) is 9.88. The Bertz CT molecular complexity index is 797. The van der Waals surface area contributed by atoms with Crippen LogP contribution < -0.4 is 10.6 Å². The molecule has 2 N–H and O–H groups in total. The van der Waals surface area contributed by atoms with E-state index in [1.807, 2.05) is 24.3 Å². The number of benzene rings is 2. The number of nitrogens with one attached hydrogen (secondary N) is 2. The van der Waals surface area contributed by atoms with Crippen molar-refractivity contribution in [3.05, 3.63) is 58.6 Å². The van der Waals surface area contributed by atoms with Crippen LogP contribution in [0.4, 0.5) is 11.4 Å². The fourth-order valence-electron chi connectivity index (χ4n) is 3.27. The number of amides is 2. The molecule has 0 aromatic heterocycles. The lowest BCUT2D eigenvalue weighted by molar-refractivity contribution is -0.125. The van der Waals surface area contributed by atoms with Gasteiger partial charge in [-0.2, -0.15) is 0 Å². The van der Waals surface area contributed by atoms with Crippen LogP contribution >= 0.6 is 15.9 Å². The standard InChI is InChI=1S/C21H23BrN2O3/c1-2-19(25)23-17-7-9-18(10-8-17)24-20(26)21(11-13-27-14-12-21)15-3-5-16(22)6-4-15/h3-10H,2,11-14H2,1H3,(H,23,25)(H,24,26). The molecule has 0 spiro atoms. The Kier molecular flexibility index (Phi) is 6.29. The molecule has 27 heavy (non-hydrogen) atoms. The first-order valence-electron chi connectivity index (χ1n) is 9.09. The van der Waals surface area contributed by atoms with E-state index in [2.05, 4.69) is 26.6 Å². The smallest absolute Gasteiger partial charge is 0.235 e. The summed E-state index contributed by atoms with van der Waals surface area (Å²) in [5.41, 5.74) is 1.82. The van der Waals surface area contributed by atoms with Crippen molar-refractivity contribution in [2.75, 3.05) is 23.8 Å². The zero-order valence-electron chi connectivity index (χ0n) is 15.3. The summed E-state index contributed by atoms with van der Waals surface area (Å²) >= 11 is 3.45. The van der Waals surface area contributed by atoms with Gasteiger partial charge in [-0.1, -0.05) is 35.0 Å². The molecule has 142 valence electrons. The van der Waals surface area contributed by atoms with Gasteiger partial charge in [-0.3, -0.25) is 9.59 Å². The van der Waals surface area contributed by atoms with Gasteiger partial charge in [0.1, 0.15) is 0 Å². The summed E-state index contributed by atoms with van der Waals surface area (Å²) < 4.78 is 6.49. The molecule has 1 saturated heterocycles. The molecule has 0 saturated carbocycles. The third-order valence-electron chi connectivity index (χ3n) is 4.93. The summed E-state index contributed by atoms with van der Waals surface area (Å²) in [4.78, 5) is 24.7. The average Bonchev–Trinajstić information content (AvgIpc) is 2.70. The van der Waals surface area contributed by atoms with Gasteiger partial charge in [-0.05, 0) is 54.8 Å². The predicted octanol–water partition coefficient (Wildman–Crippen LogP) is 4.48. The van der Waals surface area contributed by atoms with E-state index in [-0.39, 0.29) is 11.8 Å². The normalized spacial score (nSPS) is 15.8. The van der Waals surface area contributed by atoms with Crippen molar-refractivity contribution in [1.29, 1.82) is 0 Å². The Labute approximate surface area is 167 Å². The van der Waals surface area contributed by atoms with E-state index in [1.165, 1.54) is 0 Å². The molecule has 3 rings (SSSR count). The summed E-state index contributed by atoms with van der Waals surface area (Å²) in [5.74, 6) is -0.0679. The van der Waals surface area contributed by atoms with E-state index in [0.717, 1.165) is 10.0 Å². The van der Waals surface area contributed by atoms with Gasteiger partial charge in [0.25, 0.3) is 0 Å². The summed E-state index contributed by atoms with van der Waals surface area (Å²) in [6.07, 6.45) is 1.71. The van der Waals surface area contributed by atoms with Crippen LogP contribution in [0.2, 0.25) is 0 Å². The van der Waals surface area contributed by atoms with Gasteiger partial charge in [0, 0.05) is 35.5 Å². The molecule has 2 aromatic rings. The van der Waals surface area contributed by atoms with E-state index in [0.29, 0.717) is 43.9 Å². The quantitative estimate of drug-likeness (QED) is 0.734. The maximum atomic E-state index is 13.2. The number of hydrogen-bond donors (Lipinski definition) is 2. The number of carbonyl (C=O) groups is 2. The highest BCUT2D eigenvalue weighted by Crippen LogP contribution is 2.36. The van der Waals surface area contributed by atoms with Crippen LogP contribution in [0.3, 0.4) is 0 Å². The lowest BCUT2D eigenvalue weighted by Crippen LogP contribution is -2.44. The molecule has 6 heteroatoms. The number of halogens is 1. The molecular weight excluding hydrogens is 408 g/mol. The molecule has 1 aliphatic rings. The largest absolute Gasteiger partial charge is 0.381 e. The van der Waals surface area contributed by atoms with Gasteiger partial charge < -0.3 is 15.4 Å². The van der Waals surface area contributed by atoms with E-state index in [9.17, 15) is 9.59 Å². The number of ether oxygens (including phenoxy) is 1. The Balaban J connectivity index is 1.79. The summed E-state index contributed by atoms with van der Waals surface area (Å²) in [6.45, 7) is 2.93. The van der Waals surface area contributed by atoms with Crippen molar-refractivity contribution < 1.29 is 14.3 Å². The third-order valence-corrected chi connectivity index (χ3v) is 5.45. The highest BCUT2D eigenvalue weighted by Gasteiger charge is 2.41. The molecular formula is C21H23BrN2O3. The van der Waals surface area contributed by atoms with Crippen molar-refractivity contribution in [3.8, 4) is 0 Å². The van der Waals surface area contributed by atoms with E-state index >= 15 is 0 Å². The minimum atomic E-state index is -0.603. The van der Waals surface area contributed by atoms with E-state index in [4.69, 9.17) is 4.74 Å². The highest BCUT2D eigenvalue weighted by molar-refractivity contribution is 9.10. The topological polar surface area (TPSA) is 67.4 Å². The van der Waals surface area contributed by atoms with Gasteiger partial charge in [-0.15, -0.1) is 0 Å². The lowest BCUT2D eigenvalue weighted by Gasteiger charge is -2.36. The Morgan fingerprint density at radius 2 is 1.52 bits per heavy atom. The Morgan fingerprint density at radius 1 is 0.963 bits per heavy atom. The van der Waals surface area contributed by atoms with Gasteiger partial charge >= 0.3 is 0 Å². The zero-order valence-corrected chi connectivity index (χ0v) is 16.8. The summed E-state index contributed by atoms with van der Waals surface area (Å²) in [7, 11) is 0. The van der Waals surface area contributed by atoms with Crippen molar-refractivity contribution in [3.63, 3.8) is 0 Å². The van der Waals surface area contributed by atoms with Crippen molar-refractivity contribution >= 4 is 39.1 Å². The van der Waals surface area contributed by atoms with Crippen molar-refractivity contribution in [2.24, 2.45) is 0 Å². The van der Waals surface area contributed by atoms with Crippen LogP contribution in [-0.4, -0.2) is 25.0 Å². The van der Waals surface area contributed by atoms with E-state index in [1.54, 1.807) is 31.2 Å². The van der Waals surface area contributed by atoms with Crippen LogP contribution in [0.5, 0.6) is 0 Å². The molecule has 0 aliphatic carbocycles. The summed E-state index contributed by atoms with van der Waals surface area (Å²) in [5, 5.41) is 5.84. The maximum absolute atomic E-state index is 13.2. The second-order valence-corrected chi connectivity index (χ2v) is 7.55. The molecule has 0 atom stereocenters. The van der Waals surface area contributed by atoms with Crippen LogP contribution in [0.25, 0.3) is 0 Å². The van der Waals surface area contributed by atoms with Crippen LogP contribution in [0.1, 0.15) is 31.7 Å². The third kappa shape index (κ3) is 4.57. The second kappa shape index (κ2) is 8.67. The fourth-order valence-corrected chi connectivity index (χ4v) is 3.54. The van der Waals surface area contributed by atoms with Crippen LogP contribution in [0.15, 0.2) is 53.0 Å². The molecule has 2 aromatic carbocycles. The number of anilines is 2. The van der Waals surface area contributed by atoms with E-state index < -0.39 is 5.41 Å². The molecule has 1 heterocycles. The van der Waals surface area contributed by atoms with Gasteiger partial charge in [0.15, 0.2) is 0 Å². The van der Waals surface area contributed by atoms with Gasteiger partial charge in [0.2, 0.25) is 11.8 Å². The Morgan fingerprint density at radius 3 is 2.07 bits per heavy atom. The zero-order chi connectivity index (χ0) is 19.3. The second-order valence-electron chi connectivity index (χ2n) is 6.63. The fraction of sp³-hybridized carbons (Fsp3) is 0.333. The molecule has 0 unspecified atom stereocenters. The lowest BCUT2D eigenvalue weighted by atomic mass is 9.73. The molecule has 1 aliphatic heterocycles. The molecule has 5 nitrogen and oxygen atoms in total. The van der Waals surface area contributed by atoms with Crippen LogP contribution in [-0.2, 0) is 19.7 Å². The van der Waals surface area contributed by atoms with Crippen LogP contribution in [0, 0.1) is 0 Å². The predicted molar refractivity (Wildman–Crippen MR) is 110 cm³/mol.